The van der Waals surface area contributed by atoms with Crippen molar-refractivity contribution in [2.75, 3.05) is 0 Å². The van der Waals surface area contributed by atoms with Crippen LogP contribution in [-0.2, 0) is 10.1 Å². The maximum Gasteiger partial charge on any atom is 0.295 e. The summed E-state index contributed by atoms with van der Waals surface area (Å²) in [6.07, 6.45) is 0. The molecule has 0 atom stereocenters. The van der Waals surface area contributed by atoms with Crippen LogP contribution < -0.4 is 0 Å². The van der Waals surface area contributed by atoms with Crippen molar-refractivity contribution >= 4 is 31.7 Å². The Morgan fingerprint density at radius 1 is 0.900 bits per heavy atom. The van der Waals surface area contributed by atoms with E-state index in [4.69, 9.17) is 0 Å². The average molecular weight is 495 g/mol. The van der Waals surface area contributed by atoms with E-state index in [-0.39, 0.29) is 54.8 Å². The van der Waals surface area contributed by atoms with E-state index in [0.29, 0.717) is 10.9 Å². The molecule has 3 rings (SSSR count). The van der Waals surface area contributed by atoms with Crippen molar-refractivity contribution in [3.05, 3.63) is 54.1 Å². The summed E-state index contributed by atoms with van der Waals surface area (Å²) in [5.41, 5.74) is 0.547. The van der Waals surface area contributed by atoms with Crippen molar-refractivity contribution in [3.63, 3.8) is 0 Å². The molecule has 0 aliphatic rings. The molecule has 0 bridgehead atoms. The van der Waals surface area contributed by atoms with Crippen LogP contribution in [-0.4, -0.2) is 13.0 Å². The van der Waals surface area contributed by atoms with Gasteiger partial charge in [-0.15, -0.1) is 0 Å². The maximum absolute atomic E-state index is 11.6. The molecule has 97 valence electrons. The molecular weight excluding hydrogens is 483 g/mol. The van der Waals surface area contributed by atoms with Crippen LogP contribution in [0.15, 0.2) is 53.4 Å². The smallest absolute Gasteiger partial charge is 0.282 e. The van der Waals surface area contributed by atoms with Gasteiger partial charge in [0.25, 0.3) is 10.1 Å². The largest absolute Gasteiger partial charge is 0.295 e. The number of hydrogen-bond donors (Lipinski definition) is 1. The summed E-state index contributed by atoms with van der Waals surface area (Å²) < 4.78 is 32.5. The molecule has 0 unspecified atom stereocenters. The van der Waals surface area contributed by atoms with E-state index >= 15 is 0 Å². The van der Waals surface area contributed by atoms with Crippen LogP contribution in [0.3, 0.4) is 0 Å². The van der Waals surface area contributed by atoms with E-state index in [1.165, 1.54) is 0 Å². The average Bonchev–Trinajstić information content (AvgIpc) is 2.34. The van der Waals surface area contributed by atoms with E-state index in [9.17, 15) is 13.0 Å². The minimum atomic E-state index is -4.23. The molecule has 0 aromatic heterocycles. The van der Waals surface area contributed by atoms with Crippen molar-refractivity contribution in [1.82, 2.24) is 0 Å². The van der Waals surface area contributed by atoms with E-state index in [1.54, 1.807) is 19.1 Å². The molecule has 20 heavy (non-hydrogen) atoms. The number of fused-ring (bicyclic) bond motifs is 2. The Morgan fingerprint density at radius 3 is 2.10 bits per heavy atom. The first-order valence-electron chi connectivity index (χ1n) is 5.86. The van der Waals surface area contributed by atoms with Crippen LogP contribution >= 0.6 is 0 Å². The molecule has 3 aromatic rings. The molecule has 3 aromatic carbocycles. The number of aryl methyl sites for hydroxylation is 1. The first-order valence-corrected chi connectivity index (χ1v) is 7.30. The molecular formula is C15H12FrO3S. The first kappa shape index (κ1) is 16.1. The molecule has 0 aliphatic carbocycles. The van der Waals surface area contributed by atoms with E-state index < -0.39 is 10.1 Å². The van der Waals surface area contributed by atoms with Gasteiger partial charge >= 0.3 is 0 Å². The Bertz CT molecular complexity index is 902. The summed E-state index contributed by atoms with van der Waals surface area (Å²) in [6.45, 7) is 1.68. The SMILES string of the molecule is Cc1ccc2cc3ccccc3cc2c1S(=O)(=O)O.[Fr]. The van der Waals surface area contributed by atoms with Crippen LogP contribution in [0.4, 0.5) is 0 Å². The molecule has 0 saturated carbocycles. The van der Waals surface area contributed by atoms with Gasteiger partial charge in [0.15, 0.2) is 0 Å². The molecule has 0 amide bonds. The van der Waals surface area contributed by atoms with Gasteiger partial charge < -0.3 is 0 Å². The molecule has 0 spiro atoms. The number of benzene rings is 3. The summed E-state index contributed by atoms with van der Waals surface area (Å²) in [4.78, 5) is -0.00393. The summed E-state index contributed by atoms with van der Waals surface area (Å²) in [6, 6.07) is 15.0. The zero-order valence-corrected chi connectivity index (χ0v) is 20.3. The fraction of sp³-hybridized carbons (Fsp3) is 0.0667. The van der Waals surface area contributed by atoms with Gasteiger partial charge in [-0.2, -0.15) is 8.42 Å². The van der Waals surface area contributed by atoms with Gasteiger partial charge in [-0.25, -0.2) is 0 Å². The molecule has 1 radical (unpaired) electrons. The van der Waals surface area contributed by atoms with Crippen molar-refractivity contribution in [2.45, 2.75) is 11.8 Å². The molecule has 0 saturated heterocycles. The van der Waals surface area contributed by atoms with Crippen molar-refractivity contribution in [2.24, 2.45) is 0 Å². The Balaban J connectivity index is 0.00000147. The summed E-state index contributed by atoms with van der Waals surface area (Å²) in [5.74, 6) is 0. The second-order valence-corrected chi connectivity index (χ2v) is 5.97. The minimum absolute atomic E-state index is 0. The van der Waals surface area contributed by atoms with Crippen LogP contribution in [0.25, 0.3) is 21.5 Å². The van der Waals surface area contributed by atoms with E-state index in [2.05, 4.69) is 0 Å². The van der Waals surface area contributed by atoms with E-state index in [0.717, 1.165) is 16.2 Å². The van der Waals surface area contributed by atoms with Crippen LogP contribution in [0.2, 0.25) is 0 Å². The van der Waals surface area contributed by atoms with Crippen LogP contribution in [0, 0.1) is 56.8 Å². The quantitative estimate of drug-likeness (QED) is 0.415. The van der Waals surface area contributed by atoms with Crippen LogP contribution in [0.1, 0.15) is 5.56 Å². The topological polar surface area (TPSA) is 54.4 Å². The zero-order valence-electron chi connectivity index (χ0n) is 11.3. The van der Waals surface area contributed by atoms with Gasteiger partial charge in [0.05, 0.1) is 0 Å². The van der Waals surface area contributed by atoms with Crippen molar-refractivity contribution in [1.29, 1.82) is 0 Å². The summed E-state index contributed by atoms with van der Waals surface area (Å²) in [5, 5.41) is 3.35. The molecule has 0 heterocycles. The first-order chi connectivity index (χ1) is 8.97. The molecule has 5 heteroatoms. The summed E-state index contributed by atoms with van der Waals surface area (Å²) >= 11 is 0. The Morgan fingerprint density at radius 2 is 1.50 bits per heavy atom. The fourth-order valence-electron chi connectivity index (χ4n) is 2.44. The monoisotopic (exact) mass is 495 g/mol. The van der Waals surface area contributed by atoms with E-state index in [1.807, 2.05) is 36.4 Å². The fourth-order valence-corrected chi connectivity index (χ4v) is 3.37. The van der Waals surface area contributed by atoms with Gasteiger partial charge in [-0.1, -0.05) is 36.4 Å². The van der Waals surface area contributed by atoms with Gasteiger partial charge in [0.2, 0.25) is 0 Å². The third-order valence-corrected chi connectivity index (χ3v) is 4.35. The second-order valence-electron chi connectivity index (χ2n) is 4.61. The summed E-state index contributed by atoms with van der Waals surface area (Å²) in [7, 11) is -4.23. The van der Waals surface area contributed by atoms with Gasteiger partial charge in [-0.3, -0.25) is 4.55 Å². The van der Waals surface area contributed by atoms with Gasteiger partial charge in [0, 0.05) is 55.3 Å². The standard InChI is InChI=1S/C15H12O3S.Fr/c1-10-6-7-13-8-11-4-2-3-5-12(11)9-14(13)15(10)19(16,17)18;/h2-9H,1H3,(H,16,17,18);. The molecule has 0 aliphatic heterocycles. The minimum Gasteiger partial charge on any atom is -0.282 e. The number of rotatable bonds is 1. The Hall–Kier alpha value is -0.313. The predicted octanol–water partition coefficient (Wildman–Crippen LogP) is 3.55. The second kappa shape index (κ2) is 5.82. The Labute approximate surface area is 158 Å². The normalized spacial score (nSPS) is 11.5. The van der Waals surface area contributed by atoms with Gasteiger partial charge in [-0.05, 0) is 40.8 Å². The van der Waals surface area contributed by atoms with Gasteiger partial charge in [0.1, 0.15) is 4.90 Å². The predicted molar refractivity (Wildman–Crippen MR) is 76.0 cm³/mol. The Kier molecular flexibility index (Phi) is 4.68. The molecule has 0 fully saturated rings. The zero-order chi connectivity index (χ0) is 13.6. The maximum atomic E-state index is 11.6. The molecule has 1 N–H and O–H groups in total. The molecule has 3 nitrogen and oxygen atoms in total. The third kappa shape index (κ3) is 2.83. The third-order valence-electron chi connectivity index (χ3n) is 3.29. The number of hydrogen-bond acceptors (Lipinski definition) is 2. The van der Waals surface area contributed by atoms with Crippen molar-refractivity contribution < 1.29 is 62.8 Å². The van der Waals surface area contributed by atoms with Crippen molar-refractivity contribution in [3.8, 4) is 0 Å². The van der Waals surface area contributed by atoms with Crippen LogP contribution in [0.5, 0.6) is 0 Å².